The lowest BCUT2D eigenvalue weighted by molar-refractivity contribution is -0.122. The molecule has 0 aliphatic carbocycles. The standard InChI is InChI=1S/C29H22FN3O5S2/c1-38-20-10-6-5-9-19(20)22-23-24(27(36)33(26(23)35)18-7-3-2-4-8-18)39-28-25(22)40-29(37)32(28)15-21(34)31-17-13-11-16(30)12-14-17/h2-14,22-24H,15H2,1H3,(H,31,34)/t22-,23?,24?/m1/s1. The molecule has 202 valence electrons. The molecule has 4 aromatic rings. The van der Waals surface area contributed by atoms with E-state index in [1.807, 2.05) is 18.2 Å². The fourth-order valence-corrected chi connectivity index (χ4v) is 7.99. The monoisotopic (exact) mass is 575 g/mol. The lowest BCUT2D eigenvalue weighted by atomic mass is 9.82. The van der Waals surface area contributed by atoms with Gasteiger partial charge in [0.05, 0.1) is 23.7 Å². The van der Waals surface area contributed by atoms with E-state index in [-0.39, 0.29) is 23.2 Å². The summed E-state index contributed by atoms with van der Waals surface area (Å²) in [5, 5.41) is 2.33. The van der Waals surface area contributed by atoms with Crippen LogP contribution in [-0.2, 0) is 20.9 Å². The summed E-state index contributed by atoms with van der Waals surface area (Å²) < 4.78 is 20.2. The van der Waals surface area contributed by atoms with Gasteiger partial charge < -0.3 is 10.1 Å². The zero-order chi connectivity index (χ0) is 28.0. The lowest BCUT2D eigenvalue weighted by Crippen LogP contribution is -2.33. The maximum absolute atomic E-state index is 13.9. The van der Waals surface area contributed by atoms with Gasteiger partial charge in [-0.2, -0.15) is 0 Å². The molecule has 11 heteroatoms. The molecular weight excluding hydrogens is 553 g/mol. The van der Waals surface area contributed by atoms with Gasteiger partial charge in [0.25, 0.3) is 0 Å². The van der Waals surface area contributed by atoms with Gasteiger partial charge in [-0.05, 0) is 42.5 Å². The first-order valence-corrected chi connectivity index (χ1v) is 14.1. The molecule has 2 unspecified atom stereocenters. The quantitative estimate of drug-likeness (QED) is 0.340. The van der Waals surface area contributed by atoms with Crippen molar-refractivity contribution in [2.45, 2.75) is 22.7 Å². The van der Waals surface area contributed by atoms with Gasteiger partial charge in [-0.3, -0.25) is 23.7 Å². The molecule has 3 atom stereocenters. The highest BCUT2D eigenvalue weighted by molar-refractivity contribution is 8.00. The molecule has 40 heavy (non-hydrogen) atoms. The van der Waals surface area contributed by atoms with Gasteiger partial charge in [0.15, 0.2) is 0 Å². The van der Waals surface area contributed by atoms with Crippen molar-refractivity contribution in [2.24, 2.45) is 5.92 Å². The molecule has 3 aromatic carbocycles. The van der Waals surface area contributed by atoms with Crippen LogP contribution in [0, 0.1) is 11.7 Å². The van der Waals surface area contributed by atoms with Crippen LogP contribution in [0.15, 0.2) is 88.7 Å². The molecule has 0 radical (unpaired) electrons. The van der Waals surface area contributed by atoms with E-state index in [2.05, 4.69) is 5.32 Å². The zero-order valence-electron chi connectivity index (χ0n) is 21.1. The predicted molar refractivity (Wildman–Crippen MR) is 151 cm³/mol. The van der Waals surface area contributed by atoms with Crippen molar-refractivity contribution in [3.05, 3.63) is 105 Å². The first-order chi connectivity index (χ1) is 19.4. The molecule has 1 aromatic heterocycles. The molecule has 1 N–H and O–H groups in total. The number of carbonyl (C=O) groups is 3. The summed E-state index contributed by atoms with van der Waals surface area (Å²) in [5.41, 5.74) is 1.55. The normalized spacial score (nSPS) is 19.8. The minimum Gasteiger partial charge on any atom is -0.496 e. The number of ether oxygens (including phenoxy) is 1. The first-order valence-electron chi connectivity index (χ1n) is 12.4. The average Bonchev–Trinajstić information content (AvgIpc) is 3.40. The summed E-state index contributed by atoms with van der Waals surface area (Å²) in [6.07, 6.45) is 0. The van der Waals surface area contributed by atoms with Gasteiger partial charge >= 0.3 is 4.87 Å². The molecular formula is C29H22FN3O5S2. The van der Waals surface area contributed by atoms with Crippen LogP contribution in [0.4, 0.5) is 15.8 Å². The highest BCUT2D eigenvalue weighted by Crippen LogP contribution is 2.55. The molecule has 3 amide bonds. The van der Waals surface area contributed by atoms with Gasteiger partial charge in [-0.25, -0.2) is 9.29 Å². The van der Waals surface area contributed by atoms with Crippen LogP contribution in [0.25, 0.3) is 0 Å². The van der Waals surface area contributed by atoms with Crippen molar-refractivity contribution in [1.29, 1.82) is 0 Å². The molecule has 2 aliphatic rings. The van der Waals surface area contributed by atoms with Crippen LogP contribution < -0.4 is 19.8 Å². The third kappa shape index (κ3) is 4.40. The number of imide groups is 1. The highest BCUT2D eigenvalue weighted by atomic mass is 32.2. The van der Waals surface area contributed by atoms with Crippen LogP contribution >= 0.6 is 23.1 Å². The Hall–Kier alpha value is -4.22. The van der Waals surface area contributed by atoms with E-state index in [0.717, 1.165) is 23.1 Å². The Labute approximate surface area is 236 Å². The third-order valence-corrected chi connectivity index (χ3v) is 9.57. The number of thiazole rings is 1. The van der Waals surface area contributed by atoms with Gasteiger partial charge in [-0.15, -0.1) is 0 Å². The summed E-state index contributed by atoms with van der Waals surface area (Å²) in [6, 6.07) is 21.3. The number of nitrogens with one attached hydrogen (secondary N) is 1. The lowest BCUT2D eigenvalue weighted by Gasteiger charge is -2.31. The number of para-hydroxylation sites is 2. The number of thioether (sulfide) groups is 1. The number of hydrogen-bond donors (Lipinski definition) is 1. The van der Waals surface area contributed by atoms with Crippen molar-refractivity contribution < 1.29 is 23.5 Å². The van der Waals surface area contributed by atoms with Crippen LogP contribution in [0.2, 0.25) is 0 Å². The first kappa shape index (κ1) is 26.0. The highest BCUT2D eigenvalue weighted by Gasteiger charge is 2.57. The van der Waals surface area contributed by atoms with E-state index in [0.29, 0.717) is 32.6 Å². The number of carbonyl (C=O) groups excluding carboxylic acids is 3. The van der Waals surface area contributed by atoms with Crippen molar-refractivity contribution >= 4 is 52.2 Å². The van der Waals surface area contributed by atoms with Gasteiger partial charge in [0, 0.05) is 22.0 Å². The molecule has 6 rings (SSSR count). The Morgan fingerprint density at radius 3 is 2.38 bits per heavy atom. The van der Waals surface area contributed by atoms with E-state index in [1.54, 1.807) is 36.4 Å². The SMILES string of the molecule is COc1ccccc1[C@H]1c2sc(=O)n(CC(=O)Nc3ccc(F)cc3)c2SC2C(=O)N(c3ccccc3)C(=O)C21. The van der Waals surface area contributed by atoms with Crippen molar-refractivity contribution in [3.63, 3.8) is 0 Å². The predicted octanol–water partition coefficient (Wildman–Crippen LogP) is 4.49. The van der Waals surface area contributed by atoms with Gasteiger partial charge in [0.2, 0.25) is 17.7 Å². The van der Waals surface area contributed by atoms with E-state index in [4.69, 9.17) is 4.74 Å². The number of benzene rings is 3. The fraction of sp³-hybridized carbons (Fsp3) is 0.172. The zero-order valence-corrected chi connectivity index (χ0v) is 22.7. The summed E-state index contributed by atoms with van der Waals surface area (Å²) in [7, 11) is 1.53. The number of aromatic nitrogens is 1. The number of hydrogen-bond acceptors (Lipinski definition) is 7. The van der Waals surface area contributed by atoms with Gasteiger partial charge in [-0.1, -0.05) is 59.5 Å². The summed E-state index contributed by atoms with van der Waals surface area (Å²) >= 11 is 2.10. The second-order valence-electron chi connectivity index (χ2n) is 9.31. The van der Waals surface area contributed by atoms with Crippen molar-refractivity contribution in [3.8, 4) is 5.75 Å². The van der Waals surface area contributed by atoms with Gasteiger partial charge in [0.1, 0.15) is 23.4 Å². The Morgan fingerprint density at radius 1 is 0.950 bits per heavy atom. The van der Waals surface area contributed by atoms with E-state index in [1.165, 1.54) is 40.8 Å². The van der Waals surface area contributed by atoms with Crippen LogP contribution in [0.5, 0.6) is 5.75 Å². The summed E-state index contributed by atoms with van der Waals surface area (Å²) in [5.74, 6) is -2.53. The largest absolute Gasteiger partial charge is 0.496 e. The molecule has 1 saturated heterocycles. The van der Waals surface area contributed by atoms with Crippen LogP contribution in [0.1, 0.15) is 16.4 Å². The number of amides is 3. The van der Waals surface area contributed by atoms with Crippen LogP contribution in [-0.4, -0.2) is 34.6 Å². The smallest absolute Gasteiger partial charge is 0.308 e. The molecule has 8 nitrogen and oxygen atoms in total. The topological polar surface area (TPSA) is 97.7 Å². The van der Waals surface area contributed by atoms with Crippen molar-refractivity contribution in [1.82, 2.24) is 4.57 Å². The third-order valence-electron chi connectivity index (χ3n) is 6.97. The van der Waals surface area contributed by atoms with E-state index in [9.17, 15) is 23.6 Å². The number of methoxy groups -OCH3 is 1. The average molecular weight is 576 g/mol. The molecule has 0 bridgehead atoms. The van der Waals surface area contributed by atoms with E-state index < -0.39 is 28.8 Å². The number of anilines is 2. The Balaban J connectivity index is 1.43. The Bertz CT molecular complexity index is 1690. The minimum absolute atomic E-state index is 0.310. The van der Waals surface area contributed by atoms with E-state index >= 15 is 0 Å². The van der Waals surface area contributed by atoms with Crippen molar-refractivity contribution in [2.75, 3.05) is 17.3 Å². The number of halogens is 1. The second kappa shape index (κ2) is 10.4. The molecule has 0 saturated carbocycles. The number of fused-ring (bicyclic) bond motifs is 2. The van der Waals surface area contributed by atoms with Crippen LogP contribution in [0.3, 0.4) is 0 Å². The Kier molecular flexibility index (Phi) is 6.77. The summed E-state index contributed by atoms with van der Waals surface area (Å²) in [6.45, 7) is -0.310. The molecule has 2 aliphatic heterocycles. The Morgan fingerprint density at radius 2 is 1.65 bits per heavy atom. The maximum atomic E-state index is 13.9. The minimum atomic E-state index is -0.810. The molecule has 3 heterocycles. The molecule has 1 fully saturated rings. The number of rotatable bonds is 6. The second-order valence-corrected chi connectivity index (χ2v) is 11.4. The summed E-state index contributed by atoms with van der Waals surface area (Å²) in [4.78, 5) is 55.3. The fourth-order valence-electron chi connectivity index (χ4n) is 5.22. The number of nitrogens with zero attached hydrogens (tertiary/aromatic N) is 2. The maximum Gasteiger partial charge on any atom is 0.308 e. The molecule has 0 spiro atoms.